The fraction of sp³-hybridized carbons (Fsp3) is 0.333. The number of aryl methyl sites for hydroxylation is 1. The van der Waals surface area contributed by atoms with Gasteiger partial charge in [0.2, 0.25) is 0 Å². The van der Waals surface area contributed by atoms with Crippen LogP contribution in [0.5, 0.6) is 0 Å². The predicted molar refractivity (Wildman–Crippen MR) is 83.5 cm³/mol. The molecule has 21 heavy (non-hydrogen) atoms. The van der Waals surface area contributed by atoms with Crippen LogP contribution in [0.3, 0.4) is 0 Å². The maximum absolute atomic E-state index is 13.3. The summed E-state index contributed by atoms with van der Waals surface area (Å²) in [6.45, 7) is 3.73. The number of ketones is 1. The molecule has 0 aliphatic carbocycles. The van der Waals surface area contributed by atoms with Crippen molar-refractivity contribution in [1.29, 1.82) is 0 Å². The van der Waals surface area contributed by atoms with Crippen LogP contribution < -0.4 is 5.32 Å². The molecule has 1 N–H and O–H groups in total. The third-order valence-electron chi connectivity index (χ3n) is 4.50. The van der Waals surface area contributed by atoms with Gasteiger partial charge in [-0.15, -0.1) is 0 Å². The van der Waals surface area contributed by atoms with E-state index in [4.69, 9.17) is 0 Å². The molecular formula is C18H20N2O. The predicted octanol–water partition coefficient (Wildman–Crippen LogP) is 2.89. The number of aromatic nitrogens is 1. The van der Waals surface area contributed by atoms with E-state index in [2.05, 4.69) is 22.4 Å². The minimum absolute atomic E-state index is 0.209. The van der Waals surface area contributed by atoms with Gasteiger partial charge in [0.15, 0.2) is 5.78 Å². The number of nitrogens with zero attached hydrogens (tertiary/aromatic N) is 1. The highest BCUT2D eigenvalue weighted by Crippen LogP contribution is 2.37. The largest absolute Gasteiger partial charge is 0.317 e. The number of rotatable bonds is 3. The average Bonchev–Trinajstić information content (AvgIpc) is 2.56. The number of nitrogens with one attached hydrogen (secondary N) is 1. The first-order valence-electron chi connectivity index (χ1n) is 7.46. The topological polar surface area (TPSA) is 42.0 Å². The Hall–Kier alpha value is -2.00. The molecule has 0 amide bonds. The van der Waals surface area contributed by atoms with Crippen LogP contribution in [0, 0.1) is 6.92 Å². The van der Waals surface area contributed by atoms with Crippen molar-refractivity contribution in [2.24, 2.45) is 0 Å². The fourth-order valence-electron chi connectivity index (χ4n) is 3.22. The van der Waals surface area contributed by atoms with Crippen LogP contribution in [0.4, 0.5) is 0 Å². The molecule has 0 saturated carbocycles. The summed E-state index contributed by atoms with van der Waals surface area (Å²) in [5.74, 6) is 0.209. The summed E-state index contributed by atoms with van der Waals surface area (Å²) in [5, 5.41) is 3.36. The van der Waals surface area contributed by atoms with Gasteiger partial charge in [0.1, 0.15) is 0 Å². The quantitative estimate of drug-likeness (QED) is 0.879. The molecule has 1 aromatic carbocycles. The standard InChI is InChI=1S/C18H20N2O/c1-14-7-10-20-13-16(14)17(21)18(8-11-19-12-9-18)15-5-3-2-4-6-15/h2-7,10,13,19H,8-9,11-12H2,1H3. The Bertz CT molecular complexity index is 631. The van der Waals surface area contributed by atoms with Crippen LogP contribution in [-0.2, 0) is 5.41 Å². The summed E-state index contributed by atoms with van der Waals surface area (Å²) in [5.41, 5.74) is 2.46. The van der Waals surface area contributed by atoms with Crippen LogP contribution in [0.15, 0.2) is 48.8 Å². The molecule has 3 rings (SSSR count). The third kappa shape index (κ3) is 2.49. The van der Waals surface area contributed by atoms with Gasteiger partial charge in [-0.2, -0.15) is 0 Å². The molecule has 0 unspecified atom stereocenters. The number of benzene rings is 1. The van der Waals surface area contributed by atoms with E-state index in [1.54, 1.807) is 12.4 Å². The Morgan fingerprint density at radius 3 is 2.52 bits per heavy atom. The molecule has 1 aliphatic rings. The Morgan fingerprint density at radius 2 is 1.86 bits per heavy atom. The molecule has 1 saturated heterocycles. The number of hydrogen-bond donors (Lipinski definition) is 1. The van der Waals surface area contributed by atoms with Crippen molar-refractivity contribution in [3.8, 4) is 0 Å². The molecule has 1 fully saturated rings. The first-order valence-corrected chi connectivity index (χ1v) is 7.46. The summed E-state index contributed by atoms with van der Waals surface area (Å²) in [7, 11) is 0. The lowest BCUT2D eigenvalue weighted by Gasteiger charge is -2.37. The van der Waals surface area contributed by atoms with Gasteiger partial charge in [0.25, 0.3) is 0 Å². The van der Waals surface area contributed by atoms with Crippen LogP contribution in [0.2, 0.25) is 0 Å². The lowest BCUT2D eigenvalue weighted by atomic mass is 9.68. The summed E-state index contributed by atoms with van der Waals surface area (Å²) in [6, 6.07) is 12.1. The molecule has 0 bridgehead atoms. The Kier molecular flexibility index (Phi) is 3.84. The van der Waals surface area contributed by atoms with Gasteiger partial charge in [0, 0.05) is 18.0 Å². The number of hydrogen-bond acceptors (Lipinski definition) is 3. The smallest absolute Gasteiger partial charge is 0.175 e. The van der Waals surface area contributed by atoms with Gasteiger partial charge < -0.3 is 5.32 Å². The summed E-state index contributed by atoms with van der Waals surface area (Å²) >= 11 is 0. The van der Waals surface area contributed by atoms with Gasteiger partial charge in [-0.1, -0.05) is 30.3 Å². The van der Waals surface area contributed by atoms with E-state index in [1.807, 2.05) is 31.2 Å². The van der Waals surface area contributed by atoms with Crippen molar-refractivity contribution >= 4 is 5.78 Å². The highest BCUT2D eigenvalue weighted by Gasteiger charge is 2.41. The maximum atomic E-state index is 13.3. The first-order chi connectivity index (χ1) is 10.2. The summed E-state index contributed by atoms with van der Waals surface area (Å²) < 4.78 is 0. The van der Waals surface area contributed by atoms with E-state index >= 15 is 0 Å². The highest BCUT2D eigenvalue weighted by atomic mass is 16.1. The molecule has 0 spiro atoms. The summed E-state index contributed by atoms with van der Waals surface area (Å²) in [4.78, 5) is 17.4. The molecule has 1 aliphatic heterocycles. The molecule has 2 heterocycles. The molecule has 0 radical (unpaired) electrons. The molecule has 1 aromatic heterocycles. The normalized spacial score (nSPS) is 17.4. The average molecular weight is 280 g/mol. The number of carbonyl (C=O) groups is 1. The van der Waals surface area contributed by atoms with Crippen LogP contribution in [0.1, 0.15) is 34.3 Å². The lowest BCUT2D eigenvalue weighted by molar-refractivity contribution is 0.0846. The lowest BCUT2D eigenvalue weighted by Crippen LogP contribution is -2.45. The Morgan fingerprint density at radius 1 is 1.14 bits per heavy atom. The molecular weight excluding hydrogens is 260 g/mol. The van der Waals surface area contributed by atoms with E-state index in [0.717, 1.165) is 42.6 Å². The van der Waals surface area contributed by atoms with Crippen LogP contribution in [-0.4, -0.2) is 23.9 Å². The SMILES string of the molecule is Cc1ccncc1C(=O)C1(c2ccccc2)CCNCC1. The summed E-state index contributed by atoms with van der Waals surface area (Å²) in [6.07, 6.45) is 5.13. The monoisotopic (exact) mass is 280 g/mol. The van der Waals surface area contributed by atoms with Crippen molar-refractivity contribution in [1.82, 2.24) is 10.3 Å². The van der Waals surface area contributed by atoms with Crippen molar-refractivity contribution in [2.45, 2.75) is 25.2 Å². The maximum Gasteiger partial charge on any atom is 0.175 e. The van der Waals surface area contributed by atoms with Gasteiger partial charge in [0.05, 0.1) is 5.41 Å². The van der Waals surface area contributed by atoms with E-state index in [1.165, 1.54) is 0 Å². The van der Waals surface area contributed by atoms with E-state index in [0.29, 0.717) is 0 Å². The second-order valence-electron chi connectivity index (χ2n) is 5.72. The zero-order chi connectivity index (χ0) is 14.7. The van der Waals surface area contributed by atoms with Gasteiger partial charge in [-0.05, 0) is 50.0 Å². The van der Waals surface area contributed by atoms with E-state index < -0.39 is 5.41 Å². The first kappa shape index (κ1) is 14.0. The van der Waals surface area contributed by atoms with Crippen LogP contribution in [0.25, 0.3) is 0 Å². The highest BCUT2D eigenvalue weighted by molar-refractivity contribution is 6.05. The minimum atomic E-state index is -0.416. The van der Waals surface area contributed by atoms with E-state index in [-0.39, 0.29) is 5.78 Å². The van der Waals surface area contributed by atoms with Crippen LogP contribution >= 0.6 is 0 Å². The zero-order valence-corrected chi connectivity index (χ0v) is 12.3. The second-order valence-corrected chi connectivity index (χ2v) is 5.72. The van der Waals surface area contributed by atoms with Crippen molar-refractivity contribution in [2.75, 3.05) is 13.1 Å². The number of pyridine rings is 1. The molecule has 3 nitrogen and oxygen atoms in total. The number of carbonyl (C=O) groups excluding carboxylic acids is 1. The number of piperidine rings is 1. The fourth-order valence-corrected chi connectivity index (χ4v) is 3.22. The van der Waals surface area contributed by atoms with Crippen molar-refractivity contribution in [3.63, 3.8) is 0 Å². The minimum Gasteiger partial charge on any atom is -0.317 e. The van der Waals surface area contributed by atoms with E-state index in [9.17, 15) is 4.79 Å². The Labute approximate surface area is 125 Å². The van der Waals surface area contributed by atoms with Gasteiger partial charge in [-0.25, -0.2) is 0 Å². The van der Waals surface area contributed by atoms with Gasteiger partial charge >= 0.3 is 0 Å². The van der Waals surface area contributed by atoms with Gasteiger partial charge in [-0.3, -0.25) is 9.78 Å². The Balaban J connectivity index is 2.08. The third-order valence-corrected chi connectivity index (χ3v) is 4.50. The molecule has 108 valence electrons. The van der Waals surface area contributed by atoms with Crippen molar-refractivity contribution in [3.05, 3.63) is 65.5 Å². The molecule has 0 atom stereocenters. The second kappa shape index (κ2) is 5.78. The number of Topliss-reactive ketones (excluding diaryl/α,β-unsaturated/α-hetero) is 1. The zero-order valence-electron chi connectivity index (χ0n) is 12.3. The molecule has 2 aromatic rings. The molecule has 3 heteroatoms. The van der Waals surface area contributed by atoms with Crippen molar-refractivity contribution < 1.29 is 4.79 Å².